The molecular formula is C39H58N2O5. The molecule has 0 spiro atoms. The molecule has 2 N–H and O–H groups in total. The second-order valence-corrected chi connectivity index (χ2v) is 13.9. The van der Waals surface area contributed by atoms with E-state index in [1.807, 2.05) is 32.0 Å². The standard InChI is InChI=1S/C39H58N2O5/c1-28(37(43-3)35-19-13-25-40-35)39(42)41-29(2)38(33-16-10-7-11-17-33)46-36-20-12-18-34(45-36)27-44-26-30-21-23-32(24-22-30)31-14-8-5-4-6-9-15-31/h7,10-11,16-17,21-24,28-29,31,34-38,40H,4-6,8-9,12-15,18-20,25-27H2,1-3H3,(H,41,42)/t28-,29-,34?,35+,36?,37-,38-/m1/s1. The lowest BCUT2D eigenvalue weighted by Gasteiger charge is -2.35. The fourth-order valence-electron chi connectivity index (χ4n) is 7.65. The van der Waals surface area contributed by atoms with Gasteiger partial charge >= 0.3 is 0 Å². The van der Waals surface area contributed by atoms with E-state index in [1.165, 1.54) is 56.1 Å². The van der Waals surface area contributed by atoms with Gasteiger partial charge in [0, 0.05) is 13.2 Å². The molecule has 0 radical (unpaired) electrons. The van der Waals surface area contributed by atoms with Gasteiger partial charge in [-0.1, -0.05) is 93.6 Å². The van der Waals surface area contributed by atoms with Crippen LogP contribution in [0.5, 0.6) is 0 Å². The van der Waals surface area contributed by atoms with Crippen LogP contribution in [0.15, 0.2) is 54.6 Å². The van der Waals surface area contributed by atoms with Crippen molar-refractivity contribution in [1.29, 1.82) is 0 Å². The predicted molar refractivity (Wildman–Crippen MR) is 183 cm³/mol. The average Bonchev–Trinajstić information content (AvgIpc) is 3.59. The lowest BCUT2D eigenvalue weighted by atomic mass is 9.86. The molecule has 2 unspecified atom stereocenters. The second-order valence-electron chi connectivity index (χ2n) is 13.9. The number of carbonyl (C=O) groups is 1. The van der Waals surface area contributed by atoms with Gasteiger partial charge < -0.3 is 29.6 Å². The number of nitrogens with one attached hydrogen (secondary N) is 2. The third-order valence-electron chi connectivity index (χ3n) is 10.4. The highest BCUT2D eigenvalue weighted by molar-refractivity contribution is 5.79. The number of hydrogen-bond donors (Lipinski definition) is 2. The van der Waals surface area contributed by atoms with Gasteiger partial charge in [0.1, 0.15) is 6.10 Å². The van der Waals surface area contributed by atoms with Crippen molar-refractivity contribution < 1.29 is 23.7 Å². The summed E-state index contributed by atoms with van der Waals surface area (Å²) in [4.78, 5) is 13.4. The van der Waals surface area contributed by atoms with Crippen LogP contribution in [0.25, 0.3) is 0 Å². The molecule has 0 aromatic heterocycles. The SMILES string of the molecule is CO[C@@H]([C@@H]1CCCN1)[C@@H](C)C(=O)N[C@H](C)[C@@H](OC1CCCC(COCc2ccc(C3CCCCCCC3)cc2)O1)c1ccccc1. The summed E-state index contributed by atoms with van der Waals surface area (Å²) in [5, 5.41) is 6.74. The number of carbonyl (C=O) groups excluding carboxylic acids is 1. The predicted octanol–water partition coefficient (Wildman–Crippen LogP) is 7.59. The Hall–Kier alpha value is -2.29. The largest absolute Gasteiger partial charge is 0.379 e. The Bertz CT molecular complexity index is 1150. The summed E-state index contributed by atoms with van der Waals surface area (Å²) >= 11 is 0. The van der Waals surface area contributed by atoms with Gasteiger partial charge in [-0.2, -0.15) is 0 Å². The Balaban J connectivity index is 1.12. The molecule has 2 saturated heterocycles. The highest BCUT2D eigenvalue weighted by Crippen LogP contribution is 2.32. The molecule has 46 heavy (non-hydrogen) atoms. The maximum Gasteiger partial charge on any atom is 0.225 e. The topological polar surface area (TPSA) is 78.1 Å². The van der Waals surface area contributed by atoms with E-state index in [1.54, 1.807) is 7.11 Å². The van der Waals surface area contributed by atoms with Gasteiger partial charge in [0.05, 0.1) is 37.4 Å². The van der Waals surface area contributed by atoms with Crippen molar-refractivity contribution in [3.8, 4) is 0 Å². The molecule has 254 valence electrons. The first-order chi connectivity index (χ1) is 22.5. The Labute approximate surface area is 277 Å². The van der Waals surface area contributed by atoms with Crippen molar-refractivity contribution >= 4 is 5.91 Å². The van der Waals surface area contributed by atoms with Crippen LogP contribution in [0, 0.1) is 5.92 Å². The third-order valence-corrected chi connectivity index (χ3v) is 10.4. The number of rotatable bonds is 14. The Morgan fingerprint density at radius 1 is 0.891 bits per heavy atom. The number of methoxy groups -OCH3 is 1. The van der Waals surface area contributed by atoms with Crippen LogP contribution >= 0.6 is 0 Å². The Morgan fingerprint density at radius 2 is 1.63 bits per heavy atom. The first kappa shape index (κ1) is 35.0. The fraction of sp³-hybridized carbons (Fsp3) is 0.667. The minimum absolute atomic E-state index is 0.0179. The lowest BCUT2D eigenvalue weighted by molar-refractivity contribution is -0.229. The molecule has 2 aromatic carbocycles. The quantitative estimate of drug-likeness (QED) is 0.223. The van der Waals surface area contributed by atoms with Crippen molar-refractivity contribution in [2.24, 2.45) is 5.92 Å². The van der Waals surface area contributed by atoms with Crippen LogP contribution in [-0.2, 0) is 30.3 Å². The summed E-state index contributed by atoms with van der Waals surface area (Å²) in [6.45, 7) is 6.07. The summed E-state index contributed by atoms with van der Waals surface area (Å²) in [6.07, 6.45) is 13.5. The highest BCUT2D eigenvalue weighted by atomic mass is 16.7. The molecule has 7 atom stereocenters. The molecule has 1 saturated carbocycles. The summed E-state index contributed by atoms with van der Waals surface area (Å²) in [5.74, 6) is 0.397. The summed E-state index contributed by atoms with van der Waals surface area (Å²) in [5.41, 5.74) is 3.72. The number of hydrogen-bond acceptors (Lipinski definition) is 6. The zero-order valence-electron chi connectivity index (χ0n) is 28.5. The van der Waals surface area contributed by atoms with E-state index < -0.39 is 0 Å². The molecule has 2 aliphatic heterocycles. The zero-order chi connectivity index (χ0) is 32.1. The van der Waals surface area contributed by atoms with E-state index in [4.69, 9.17) is 18.9 Å². The van der Waals surface area contributed by atoms with Gasteiger partial charge in [0.15, 0.2) is 6.29 Å². The summed E-state index contributed by atoms with van der Waals surface area (Å²) < 4.78 is 25.0. The van der Waals surface area contributed by atoms with E-state index in [2.05, 4.69) is 47.0 Å². The number of benzene rings is 2. The average molecular weight is 635 g/mol. The van der Waals surface area contributed by atoms with Crippen LogP contribution in [0.3, 0.4) is 0 Å². The molecule has 1 aliphatic carbocycles. The minimum atomic E-state index is -0.359. The normalized spacial score (nSPS) is 25.6. The Kier molecular flexibility index (Phi) is 13.9. The van der Waals surface area contributed by atoms with Crippen LogP contribution < -0.4 is 10.6 Å². The van der Waals surface area contributed by atoms with Gasteiger partial charge in [-0.3, -0.25) is 4.79 Å². The number of amides is 1. The highest BCUT2D eigenvalue weighted by Gasteiger charge is 2.35. The van der Waals surface area contributed by atoms with Crippen LogP contribution in [0.2, 0.25) is 0 Å². The van der Waals surface area contributed by atoms with E-state index in [-0.39, 0.29) is 48.5 Å². The van der Waals surface area contributed by atoms with Gasteiger partial charge in [-0.25, -0.2) is 0 Å². The van der Waals surface area contributed by atoms with E-state index in [0.717, 1.165) is 44.2 Å². The maximum atomic E-state index is 13.4. The molecule has 1 amide bonds. The van der Waals surface area contributed by atoms with Crippen molar-refractivity contribution in [1.82, 2.24) is 10.6 Å². The fourth-order valence-corrected chi connectivity index (χ4v) is 7.65. The molecule has 7 heteroatoms. The van der Waals surface area contributed by atoms with Gasteiger partial charge in [0.25, 0.3) is 0 Å². The Morgan fingerprint density at radius 3 is 2.33 bits per heavy atom. The molecule has 0 bridgehead atoms. The second kappa shape index (κ2) is 18.3. The van der Waals surface area contributed by atoms with Gasteiger partial charge in [-0.05, 0) is 81.0 Å². The smallest absolute Gasteiger partial charge is 0.225 e. The monoisotopic (exact) mass is 634 g/mol. The zero-order valence-corrected chi connectivity index (χ0v) is 28.5. The van der Waals surface area contributed by atoms with Crippen LogP contribution in [0.4, 0.5) is 0 Å². The molecule has 2 aromatic rings. The third kappa shape index (κ3) is 10.1. The van der Waals surface area contributed by atoms with E-state index in [0.29, 0.717) is 19.1 Å². The van der Waals surface area contributed by atoms with E-state index >= 15 is 0 Å². The van der Waals surface area contributed by atoms with Gasteiger partial charge in [0.2, 0.25) is 5.91 Å². The molecule has 3 fully saturated rings. The lowest BCUT2D eigenvalue weighted by Crippen LogP contribution is -2.49. The first-order valence-electron chi connectivity index (χ1n) is 18.1. The molecule has 5 rings (SSSR count). The molecular weight excluding hydrogens is 576 g/mol. The minimum Gasteiger partial charge on any atom is -0.379 e. The van der Waals surface area contributed by atoms with E-state index in [9.17, 15) is 4.79 Å². The maximum absolute atomic E-state index is 13.4. The van der Waals surface area contributed by atoms with Crippen molar-refractivity contribution in [3.63, 3.8) is 0 Å². The molecule has 3 aliphatic rings. The van der Waals surface area contributed by atoms with Crippen molar-refractivity contribution in [2.45, 2.75) is 140 Å². The van der Waals surface area contributed by atoms with Crippen LogP contribution in [0.1, 0.15) is 120 Å². The van der Waals surface area contributed by atoms with Crippen molar-refractivity contribution in [3.05, 3.63) is 71.3 Å². The summed E-state index contributed by atoms with van der Waals surface area (Å²) in [6, 6.07) is 19.2. The van der Waals surface area contributed by atoms with Gasteiger partial charge in [-0.15, -0.1) is 0 Å². The molecule has 7 nitrogen and oxygen atoms in total. The number of ether oxygens (including phenoxy) is 4. The first-order valence-corrected chi connectivity index (χ1v) is 18.1. The summed E-state index contributed by atoms with van der Waals surface area (Å²) in [7, 11) is 1.70. The van der Waals surface area contributed by atoms with Crippen LogP contribution in [-0.4, -0.2) is 56.8 Å². The molecule has 2 heterocycles. The van der Waals surface area contributed by atoms with Crippen molar-refractivity contribution in [2.75, 3.05) is 20.3 Å².